The molecule has 6 heteroatoms. The van der Waals surface area contributed by atoms with Gasteiger partial charge >= 0.3 is 6.18 Å². The van der Waals surface area contributed by atoms with Crippen molar-refractivity contribution in [2.75, 3.05) is 12.8 Å². The summed E-state index contributed by atoms with van der Waals surface area (Å²) in [5.74, 6) is -0.462. The SMILES string of the molecule is CNC(C)C(=O)c1cccc(C(F)(F)F)c1N. The first-order valence-corrected chi connectivity index (χ1v) is 4.96. The first-order chi connectivity index (χ1) is 7.79. The zero-order valence-electron chi connectivity index (χ0n) is 9.43. The van der Waals surface area contributed by atoms with Crippen molar-refractivity contribution in [2.45, 2.75) is 19.1 Å². The standard InChI is InChI=1S/C11H13F3N2O/c1-6(16-2)10(17)7-4-3-5-8(9(7)15)11(12,13)14/h3-6,16H,15H2,1-2H3. The third kappa shape index (κ3) is 2.76. The number of carbonyl (C=O) groups excluding carboxylic acids is 1. The molecule has 1 aromatic carbocycles. The van der Waals surface area contributed by atoms with Crippen LogP contribution in [0.15, 0.2) is 18.2 Å². The van der Waals surface area contributed by atoms with E-state index in [0.29, 0.717) is 0 Å². The molecule has 0 bridgehead atoms. The van der Waals surface area contributed by atoms with Crippen LogP contribution in [0.5, 0.6) is 0 Å². The molecule has 0 amide bonds. The molecular formula is C11H13F3N2O. The fourth-order valence-electron chi connectivity index (χ4n) is 1.39. The molecule has 0 heterocycles. The van der Waals surface area contributed by atoms with E-state index in [1.54, 1.807) is 14.0 Å². The van der Waals surface area contributed by atoms with Gasteiger partial charge in [-0.15, -0.1) is 0 Å². The Morgan fingerprint density at radius 2 is 2.00 bits per heavy atom. The summed E-state index contributed by atoms with van der Waals surface area (Å²) in [6.07, 6.45) is -4.55. The average molecular weight is 246 g/mol. The number of hydrogen-bond acceptors (Lipinski definition) is 3. The average Bonchev–Trinajstić information content (AvgIpc) is 2.25. The predicted octanol–water partition coefficient (Wildman–Crippen LogP) is 2.08. The van der Waals surface area contributed by atoms with E-state index in [2.05, 4.69) is 5.32 Å². The van der Waals surface area contributed by atoms with Crippen molar-refractivity contribution in [1.29, 1.82) is 0 Å². The molecule has 1 aromatic rings. The smallest absolute Gasteiger partial charge is 0.398 e. The lowest BCUT2D eigenvalue weighted by molar-refractivity contribution is -0.136. The highest BCUT2D eigenvalue weighted by Crippen LogP contribution is 2.35. The highest BCUT2D eigenvalue weighted by atomic mass is 19.4. The Morgan fingerprint density at radius 3 is 2.47 bits per heavy atom. The van der Waals surface area contributed by atoms with E-state index in [1.165, 1.54) is 12.1 Å². The fraction of sp³-hybridized carbons (Fsp3) is 0.364. The number of nitrogens with two attached hydrogens (primary N) is 1. The van der Waals surface area contributed by atoms with Crippen molar-refractivity contribution < 1.29 is 18.0 Å². The van der Waals surface area contributed by atoms with Crippen LogP contribution in [0.1, 0.15) is 22.8 Å². The number of anilines is 1. The Kier molecular flexibility index (Phi) is 3.77. The van der Waals surface area contributed by atoms with Gasteiger partial charge in [0.05, 0.1) is 17.3 Å². The number of carbonyl (C=O) groups is 1. The third-order valence-corrected chi connectivity index (χ3v) is 2.50. The van der Waals surface area contributed by atoms with Crippen LogP contribution in [-0.2, 0) is 6.18 Å². The van der Waals surface area contributed by atoms with Gasteiger partial charge in [-0.1, -0.05) is 6.07 Å². The number of para-hydroxylation sites is 1. The zero-order chi connectivity index (χ0) is 13.2. The number of hydrogen-bond donors (Lipinski definition) is 2. The molecule has 3 nitrogen and oxygen atoms in total. The van der Waals surface area contributed by atoms with Crippen molar-refractivity contribution in [2.24, 2.45) is 0 Å². The third-order valence-electron chi connectivity index (χ3n) is 2.50. The molecule has 3 N–H and O–H groups in total. The molecule has 17 heavy (non-hydrogen) atoms. The summed E-state index contributed by atoms with van der Waals surface area (Å²) in [6.45, 7) is 1.56. The van der Waals surface area contributed by atoms with Gasteiger partial charge in [0.1, 0.15) is 0 Å². The van der Waals surface area contributed by atoms with E-state index in [-0.39, 0.29) is 5.56 Å². The lowest BCUT2D eigenvalue weighted by Crippen LogP contribution is -2.31. The van der Waals surface area contributed by atoms with Crippen LogP contribution < -0.4 is 11.1 Å². The van der Waals surface area contributed by atoms with Gasteiger partial charge in [0, 0.05) is 5.56 Å². The summed E-state index contributed by atoms with van der Waals surface area (Å²) in [5, 5.41) is 2.66. The lowest BCUT2D eigenvalue weighted by Gasteiger charge is -2.15. The minimum Gasteiger partial charge on any atom is -0.398 e. The van der Waals surface area contributed by atoms with Crippen LogP contribution in [0.4, 0.5) is 18.9 Å². The lowest BCUT2D eigenvalue weighted by atomic mass is 10.00. The summed E-state index contributed by atoms with van der Waals surface area (Å²) < 4.78 is 37.7. The maximum Gasteiger partial charge on any atom is 0.418 e. The number of halogens is 3. The van der Waals surface area contributed by atoms with Gasteiger partial charge in [0.15, 0.2) is 5.78 Å². The van der Waals surface area contributed by atoms with Gasteiger partial charge in [-0.05, 0) is 26.1 Å². The maximum absolute atomic E-state index is 12.6. The van der Waals surface area contributed by atoms with Crippen molar-refractivity contribution in [3.8, 4) is 0 Å². The molecule has 0 radical (unpaired) electrons. The Morgan fingerprint density at radius 1 is 1.41 bits per heavy atom. The molecule has 0 fully saturated rings. The van der Waals surface area contributed by atoms with E-state index >= 15 is 0 Å². The molecule has 1 rings (SSSR count). The van der Waals surface area contributed by atoms with Crippen LogP contribution in [0.2, 0.25) is 0 Å². The first-order valence-electron chi connectivity index (χ1n) is 4.96. The number of Topliss-reactive ketones (excluding diaryl/α,β-unsaturated/α-hetero) is 1. The topological polar surface area (TPSA) is 55.1 Å². The molecular weight excluding hydrogens is 233 g/mol. The minimum atomic E-state index is -4.55. The van der Waals surface area contributed by atoms with E-state index in [1.807, 2.05) is 0 Å². The second-order valence-electron chi connectivity index (χ2n) is 3.64. The Balaban J connectivity index is 3.24. The van der Waals surface area contributed by atoms with Crippen LogP contribution >= 0.6 is 0 Å². The number of rotatable bonds is 3. The molecule has 0 saturated heterocycles. The Labute approximate surface area is 96.8 Å². The van der Waals surface area contributed by atoms with Crippen LogP contribution in [0.25, 0.3) is 0 Å². The molecule has 0 aliphatic carbocycles. The molecule has 0 saturated carbocycles. The van der Waals surface area contributed by atoms with Gasteiger partial charge < -0.3 is 11.1 Å². The van der Waals surface area contributed by atoms with Crippen molar-refractivity contribution >= 4 is 11.5 Å². The van der Waals surface area contributed by atoms with Crippen molar-refractivity contribution in [3.63, 3.8) is 0 Å². The summed E-state index contributed by atoms with van der Waals surface area (Å²) in [4.78, 5) is 11.8. The van der Waals surface area contributed by atoms with Crippen LogP contribution in [0.3, 0.4) is 0 Å². The van der Waals surface area contributed by atoms with Gasteiger partial charge in [-0.3, -0.25) is 4.79 Å². The maximum atomic E-state index is 12.6. The monoisotopic (exact) mass is 246 g/mol. The van der Waals surface area contributed by atoms with Crippen molar-refractivity contribution in [1.82, 2.24) is 5.32 Å². The molecule has 1 unspecified atom stereocenters. The molecule has 1 atom stereocenters. The van der Waals surface area contributed by atoms with E-state index < -0.39 is 29.3 Å². The minimum absolute atomic E-state index is 0.110. The van der Waals surface area contributed by atoms with Gasteiger partial charge in [-0.2, -0.15) is 13.2 Å². The largest absolute Gasteiger partial charge is 0.418 e. The Bertz CT molecular complexity index is 429. The predicted molar refractivity (Wildman–Crippen MR) is 58.7 cm³/mol. The molecule has 0 spiro atoms. The van der Waals surface area contributed by atoms with Gasteiger partial charge in [-0.25, -0.2) is 0 Å². The van der Waals surface area contributed by atoms with E-state index in [0.717, 1.165) is 6.07 Å². The molecule has 0 aliphatic heterocycles. The number of alkyl halides is 3. The van der Waals surface area contributed by atoms with Crippen molar-refractivity contribution in [3.05, 3.63) is 29.3 Å². The molecule has 94 valence electrons. The summed E-state index contributed by atoms with van der Waals surface area (Å²) >= 11 is 0. The number of likely N-dealkylation sites (N-methyl/N-ethyl adjacent to an activating group) is 1. The highest BCUT2D eigenvalue weighted by Gasteiger charge is 2.34. The highest BCUT2D eigenvalue weighted by molar-refractivity contribution is 6.04. The summed E-state index contributed by atoms with van der Waals surface area (Å²) in [7, 11) is 1.55. The quantitative estimate of drug-likeness (QED) is 0.634. The number of benzene rings is 1. The number of ketones is 1. The van der Waals surface area contributed by atoms with E-state index in [4.69, 9.17) is 5.73 Å². The van der Waals surface area contributed by atoms with Gasteiger partial charge in [0.25, 0.3) is 0 Å². The summed E-state index contributed by atoms with van der Waals surface area (Å²) in [5.41, 5.74) is 3.78. The second-order valence-corrected chi connectivity index (χ2v) is 3.64. The zero-order valence-corrected chi connectivity index (χ0v) is 9.43. The number of nitrogens with one attached hydrogen (secondary N) is 1. The van der Waals surface area contributed by atoms with Gasteiger partial charge in [0.2, 0.25) is 0 Å². The number of nitrogen functional groups attached to an aromatic ring is 1. The summed E-state index contributed by atoms with van der Waals surface area (Å²) in [6, 6.07) is 2.74. The fourth-order valence-corrected chi connectivity index (χ4v) is 1.39. The molecule has 0 aromatic heterocycles. The normalized spacial score (nSPS) is 13.5. The van der Waals surface area contributed by atoms with E-state index in [9.17, 15) is 18.0 Å². The first kappa shape index (κ1) is 13.5. The van der Waals surface area contributed by atoms with Crippen LogP contribution in [0, 0.1) is 0 Å². The Hall–Kier alpha value is -1.56. The van der Waals surface area contributed by atoms with Crippen LogP contribution in [-0.4, -0.2) is 18.9 Å². The second kappa shape index (κ2) is 4.75. The molecule has 0 aliphatic rings.